The van der Waals surface area contributed by atoms with Crippen molar-refractivity contribution in [2.75, 3.05) is 17.6 Å². The first kappa shape index (κ1) is 11.3. The van der Waals surface area contributed by atoms with Crippen LogP contribution in [0, 0.1) is 5.92 Å². The lowest BCUT2D eigenvalue weighted by Gasteiger charge is -2.26. The zero-order valence-corrected chi connectivity index (χ0v) is 9.52. The van der Waals surface area contributed by atoms with Crippen molar-refractivity contribution in [2.45, 2.75) is 31.8 Å². The van der Waals surface area contributed by atoms with E-state index in [1.54, 1.807) is 0 Å². The van der Waals surface area contributed by atoms with Gasteiger partial charge in [-0.3, -0.25) is 0 Å². The molecule has 1 aromatic rings. The van der Waals surface area contributed by atoms with E-state index in [0.717, 1.165) is 43.6 Å². The van der Waals surface area contributed by atoms with E-state index in [2.05, 4.69) is 5.32 Å². The van der Waals surface area contributed by atoms with Gasteiger partial charge in [0, 0.05) is 6.54 Å². The lowest BCUT2D eigenvalue weighted by atomic mass is 9.87. The highest BCUT2D eigenvalue weighted by atomic mass is 16.3. The molecule has 2 rings (SSSR count). The Labute approximate surface area is 96.7 Å². The van der Waals surface area contributed by atoms with Gasteiger partial charge in [0.25, 0.3) is 0 Å². The van der Waals surface area contributed by atoms with Crippen molar-refractivity contribution in [2.24, 2.45) is 5.92 Å². The first-order valence-corrected chi connectivity index (χ1v) is 6.02. The van der Waals surface area contributed by atoms with Crippen LogP contribution < -0.4 is 11.1 Å². The van der Waals surface area contributed by atoms with Crippen molar-refractivity contribution in [1.82, 2.24) is 0 Å². The maximum atomic E-state index is 9.42. The molecule has 0 saturated heterocycles. The summed E-state index contributed by atoms with van der Waals surface area (Å²) in [6.07, 6.45) is 4.03. The first-order valence-electron chi connectivity index (χ1n) is 6.02. The third-order valence-electron chi connectivity index (χ3n) is 3.36. The third-order valence-corrected chi connectivity index (χ3v) is 3.36. The summed E-state index contributed by atoms with van der Waals surface area (Å²) in [6, 6.07) is 7.85. The highest BCUT2D eigenvalue weighted by molar-refractivity contribution is 5.65. The maximum Gasteiger partial charge on any atom is 0.0573 e. The van der Waals surface area contributed by atoms with Crippen molar-refractivity contribution in [3.05, 3.63) is 24.3 Å². The molecule has 88 valence electrons. The van der Waals surface area contributed by atoms with Gasteiger partial charge >= 0.3 is 0 Å². The monoisotopic (exact) mass is 220 g/mol. The van der Waals surface area contributed by atoms with Gasteiger partial charge in [-0.15, -0.1) is 0 Å². The molecule has 3 heteroatoms. The SMILES string of the molecule is Nc1ccccc1NCC1CCC(O)CC1. The van der Waals surface area contributed by atoms with Gasteiger partial charge < -0.3 is 16.2 Å². The molecule has 0 amide bonds. The van der Waals surface area contributed by atoms with E-state index in [1.165, 1.54) is 0 Å². The molecule has 0 spiro atoms. The standard InChI is InChI=1S/C13H20N2O/c14-12-3-1-2-4-13(12)15-9-10-5-7-11(16)8-6-10/h1-4,10-11,15-16H,5-9,14H2. The number of rotatable bonds is 3. The number of nitrogens with one attached hydrogen (secondary N) is 1. The van der Waals surface area contributed by atoms with Crippen molar-refractivity contribution < 1.29 is 5.11 Å². The molecule has 1 saturated carbocycles. The number of aliphatic hydroxyl groups excluding tert-OH is 1. The fraction of sp³-hybridized carbons (Fsp3) is 0.538. The molecule has 1 aromatic carbocycles. The molecule has 0 atom stereocenters. The molecular weight excluding hydrogens is 200 g/mol. The summed E-state index contributed by atoms with van der Waals surface area (Å²) in [5, 5.41) is 12.8. The minimum absolute atomic E-state index is 0.0713. The molecule has 3 nitrogen and oxygen atoms in total. The molecule has 0 aromatic heterocycles. The Balaban J connectivity index is 1.81. The molecule has 1 fully saturated rings. The second-order valence-corrected chi connectivity index (χ2v) is 4.64. The van der Waals surface area contributed by atoms with Crippen LogP contribution in [0.1, 0.15) is 25.7 Å². The Bertz CT molecular complexity index is 332. The van der Waals surface area contributed by atoms with E-state index in [1.807, 2.05) is 24.3 Å². The van der Waals surface area contributed by atoms with Gasteiger partial charge in [0.1, 0.15) is 0 Å². The second-order valence-electron chi connectivity index (χ2n) is 4.64. The maximum absolute atomic E-state index is 9.42. The molecule has 1 aliphatic carbocycles. The third kappa shape index (κ3) is 2.89. The van der Waals surface area contributed by atoms with Crippen LogP contribution in [0.15, 0.2) is 24.3 Å². The van der Waals surface area contributed by atoms with E-state index in [0.29, 0.717) is 5.92 Å². The number of hydrogen-bond acceptors (Lipinski definition) is 3. The predicted molar refractivity (Wildman–Crippen MR) is 67.3 cm³/mol. The number of anilines is 2. The Morgan fingerprint density at radius 1 is 1.19 bits per heavy atom. The largest absolute Gasteiger partial charge is 0.397 e. The Morgan fingerprint density at radius 2 is 1.88 bits per heavy atom. The Morgan fingerprint density at radius 3 is 2.56 bits per heavy atom. The summed E-state index contributed by atoms with van der Waals surface area (Å²) in [4.78, 5) is 0. The molecule has 0 radical (unpaired) electrons. The van der Waals surface area contributed by atoms with E-state index >= 15 is 0 Å². The minimum atomic E-state index is -0.0713. The number of para-hydroxylation sites is 2. The number of nitrogen functional groups attached to an aromatic ring is 1. The van der Waals surface area contributed by atoms with Gasteiger partial charge in [-0.25, -0.2) is 0 Å². The van der Waals surface area contributed by atoms with Crippen LogP contribution in [0.3, 0.4) is 0 Å². The second kappa shape index (κ2) is 5.21. The first-order chi connectivity index (χ1) is 7.75. The Hall–Kier alpha value is -1.22. The molecular formula is C13H20N2O. The average Bonchev–Trinajstić information content (AvgIpc) is 2.30. The van der Waals surface area contributed by atoms with Crippen molar-refractivity contribution >= 4 is 11.4 Å². The van der Waals surface area contributed by atoms with Crippen LogP contribution in [0.25, 0.3) is 0 Å². The van der Waals surface area contributed by atoms with E-state index in [-0.39, 0.29) is 6.10 Å². The van der Waals surface area contributed by atoms with Crippen LogP contribution >= 0.6 is 0 Å². The van der Waals surface area contributed by atoms with Gasteiger partial charge in [0.2, 0.25) is 0 Å². The highest BCUT2D eigenvalue weighted by Crippen LogP contribution is 2.25. The highest BCUT2D eigenvalue weighted by Gasteiger charge is 2.18. The van der Waals surface area contributed by atoms with Crippen LogP contribution in [-0.2, 0) is 0 Å². The van der Waals surface area contributed by atoms with Crippen LogP contribution in [0.5, 0.6) is 0 Å². The molecule has 16 heavy (non-hydrogen) atoms. The summed E-state index contributed by atoms with van der Waals surface area (Å²) in [5.74, 6) is 0.669. The van der Waals surface area contributed by atoms with E-state index in [4.69, 9.17) is 5.73 Å². The number of nitrogens with two attached hydrogens (primary N) is 1. The van der Waals surface area contributed by atoms with Crippen LogP contribution in [-0.4, -0.2) is 17.8 Å². The zero-order chi connectivity index (χ0) is 11.4. The number of hydrogen-bond donors (Lipinski definition) is 3. The predicted octanol–water partition coefficient (Wildman–Crippen LogP) is 2.23. The fourth-order valence-electron chi connectivity index (χ4n) is 2.26. The minimum Gasteiger partial charge on any atom is -0.397 e. The molecule has 0 aliphatic heterocycles. The molecule has 4 N–H and O–H groups in total. The van der Waals surface area contributed by atoms with Crippen molar-refractivity contribution in [1.29, 1.82) is 0 Å². The Kier molecular flexibility index (Phi) is 3.67. The van der Waals surface area contributed by atoms with Gasteiger partial charge in [-0.1, -0.05) is 12.1 Å². The van der Waals surface area contributed by atoms with Gasteiger partial charge in [0.15, 0.2) is 0 Å². The molecule has 0 bridgehead atoms. The summed E-state index contributed by atoms with van der Waals surface area (Å²) in [6.45, 7) is 0.959. The summed E-state index contributed by atoms with van der Waals surface area (Å²) < 4.78 is 0. The normalized spacial score (nSPS) is 25.3. The van der Waals surface area contributed by atoms with E-state index in [9.17, 15) is 5.11 Å². The van der Waals surface area contributed by atoms with Crippen LogP contribution in [0.2, 0.25) is 0 Å². The van der Waals surface area contributed by atoms with Gasteiger partial charge in [-0.2, -0.15) is 0 Å². The fourth-order valence-corrected chi connectivity index (χ4v) is 2.26. The quantitative estimate of drug-likeness (QED) is 0.685. The summed E-state index contributed by atoms with van der Waals surface area (Å²) in [5.41, 5.74) is 7.68. The lowest BCUT2D eigenvalue weighted by Crippen LogP contribution is -2.23. The zero-order valence-electron chi connectivity index (χ0n) is 9.52. The van der Waals surface area contributed by atoms with Gasteiger partial charge in [-0.05, 0) is 43.7 Å². The van der Waals surface area contributed by atoms with E-state index < -0.39 is 0 Å². The molecule has 0 unspecified atom stereocenters. The lowest BCUT2D eigenvalue weighted by molar-refractivity contribution is 0.111. The smallest absolute Gasteiger partial charge is 0.0573 e. The summed E-state index contributed by atoms with van der Waals surface area (Å²) >= 11 is 0. The van der Waals surface area contributed by atoms with Crippen LogP contribution in [0.4, 0.5) is 11.4 Å². The number of benzene rings is 1. The summed E-state index contributed by atoms with van der Waals surface area (Å²) in [7, 11) is 0. The molecule has 0 heterocycles. The van der Waals surface area contributed by atoms with Crippen molar-refractivity contribution in [3.63, 3.8) is 0 Å². The number of aliphatic hydroxyl groups is 1. The van der Waals surface area contributed by atoms with Gasteiger partial charge in [0.05, 0.1) is 17.5 Å². The average molecular weight is 220 g/mol. The van der Waals surface area contributed by atoms with Crippen molar-refractivity contribution in [3.8, 4) is 0 Å². The molecule has 1 aliphatic rings. The topological polar surface area (TPSA) is 58.3 Å².